The molecular formula is C21H20ClN3O3S. The highest BCUT2D eigenvalue weighted by Crippen LogP contribution is 2.18. The summed E-state index contributed by atoms with van der Waals surface area (Å²) in [7, 11) is -3.91. The van der Waals surface area contributed by atoms with Crippen LogP contribution in [0.1, 0.15) is 11.1 Å². The summed E-state index contributed by atoms with van der Waals surface area (Å²) in [5, 5.41) is 3.32. The second-order valence-corrected chi connectivity index (χ2v) is 8.72. The van der Waals surface area contributed by atoms with E-state index < -0.39 is 15.9 Å². The quantitative estimate of drug-likeness (QED) is 0.596. The molecule has 6 nitrogen and oxygen atoms in total. The van der Waals surface area contributed by atoms with Crippen molar-refractivity contribution in [3.05, 3.63) is 95.3 Å². The first-order valence-corrected chi connectivity index (χ1v) is 10.7. The molecule has 3 rings (SSSR count). The molecule has 0 bridgehead atoms. The van der Waals surface area contributed by atoms with Crippen molar-refractivity contribution < 1.29 is 13.2 Å². The average molecular weight is 430 g/mol. The van der Waals surface area contributed by atoms with E-state index in [2.05, 4.69) is 10.3 Å². The molecular weight excluding hydrogens is 410 g/mol. The van der Waals surface area contributed by atoms with E-state index in [1.165, 1.54) is 18.5 Å². The molecule has 150 valence electrons. The number of hydrogen-bond acceptors (Lipinski definition) is 4. The molecule has 0 aliphatic heterocycles. The standard InChI is InChI=1S/C21H20ClN3O3S/c22-19-10-8-18(9-11-19)15-25(29(27,28)20-7-4-12-23-14-20)16-21(26)24-13-17-5-2-1-3-6-17/h1-12,14H,13,15-16H2,(H,24,26). The third kappa shape index (κ3) is 5.87. The van der Waals surface area contributed by atoms with Crippen LogP contribution in [0.4, 0.5) is 0 Å². The van der Waals surface area contributed by atoms with Crippen LogP contribution in [0.5, 0.6) is 0 Å². The zero-order valence-corrected chi connectivity index (χ0v) is 17.1. The highest BCUT2D eigenvalue weighted by molar-refractivity contribution is 7.89. The Labute approximate surface area is 175 Å². The fraction of sp³-hybridized carbons (Fsp3) is 0.143. The van der Waals surface area contributed by atoms with Gasteiger partial charge in [0.25, 0.3) is 0 Å². The molecule has 1 N–H and O–H groups in total. The largest absolute Gasteiger partial charge is 0.351 e. The van der Waals surface area contributed by atoms with Crippen LogP contribution in [0.2, 0.25) is 5.02 Å². The second kappa shape index (κ2) is 9.65. The van der Waals surface area contributed by atoms with E-state index in [-0.39, 0.29) is 18.0 Å². The molecule has 0 saturated carbocycles. The second-order valence-electron chi connectivity index (χ2n) is 6.35. The lowest BCUT2D eigenvalue weighted by Gasteiger charge is -2.22. The topological polar surface area (TPSA) is 79.4 Å². The molecule has 0 aliphatic carbocycles. The number of aromatic nitrogens is 1. The molecule has 0 radical (unpaired) electrons. The van der Waals surface area contributed by atoms with Crippen molar-refractivity contribution >= 4 is 27.5 Å². The molecule has 1 aromatic heterocycles. The maximum absolute atomic E-state index is 13.1. The van der Waals surface area contributed by atoms with E-state index in [1.807, 2.05) is 30.3 Å². The summed E-state index contributed by atoms with van der Waals surface area (Å²) in [6, 6.07) is 19.2. The number of carbonyl (C=O) groups is 1. The van der Waals surface area contributed by atoms with E-state index in [9.17, 15) is 13.2 Å². The van der Waals surface area contributed by atoms with Crippen LogP contribution in [0.25, 0.3) is 0 Å². The molecule has 0 saturated heterocycles. The molecule has 29 heavy (non-hydrogen) atoms. The minimum absolute atomic E-state index is 0.0322. The number of carbonyl (C=O) groups excluding carboxylic acids is 1. The van der Waals surface area contributed by atoms with Crippen molar-refractivity contribution in [3.8, 4) is 0 Å². The van der Waals surface area contributed by atoms with E-state index in [0.29, 0.717) is 11.6 Å². The SMILES string of the molecule is O=C(CN(Cc1ccc(Cl)cc1)S(=O)(=O)c1cccnc1)NCc1ccccc1. The number of sulfonamides is 1. The molecule has 0 atom stereocenters. The Morgan fingerprint density at radius 1 is 0.966 bits per heavy atom. The van der Waals surface area contributed by atoms with Crippen LogP contribution in [0, 0.1) is 0 Å². The first-order valence-electron chi connectivity index (χ1n) is 8.90. The predicted octanol–water partition coefficient (Wildman–Crippen LogP) is 3.24. The third-order valence-corrected chi connectivity index (χ3v) is 6.22. The molecule has 0 unspecified atom stereocenters. The lowest BCUT2D eigenvalue weighted by atomic mass is 10.2. The number of benzene rings is 2. The Bertz CT molecular complexity index is 1040. The molecule has 1 heterocycles. The van der Waals surface area contributed by atoms with Crippen molar-refractivity contribution in [3.63, 3.8) is 0 Å². The smallest absolute Gasteiger partial charge is 0.245 e. The predicted molar refractivity (Wildman–Crippen MR) is 112 cm³/mol. The van der Waals surface area contributed by atoms with Gasteiger partial charge >= 0.3 is 0 Å². The summed E-state index contributed by atoms with van der Waals surface area (Å²) in [5.74, 6) is -0.393. The van der Waals surface area contributed by atoms with Gasteiger partial charge in [0.15, 0.2) is 0 Å². The average Bonchev–Trinajstić information content (AvgIpc) is 2.74. The van der Waals surface area contributed by atoms with E-state index in [1.54, 1.807) is 30.3 Å². The van der Waals surface area contributed by atoms with Crippen LogP contribution in [0.3, 0.4) is 0 Å². The number of nitrogens with zero attached hydrogens (tertiary/aromatic N) is 2. The van der Waals surface area contributed by atoms with E-state index in [0.717, 1.165) is 15.4 Å². The lowest BCUT2D eigenvalue weighted by molar-refractivity contribution is -0.121. The fourth-order valence-corrected chi connectivity index (χ4v) is 4.16. The van der Waals surface area contributed by atoms with Crippen LogP contribution in [-0.2, 0) is 27.9 Å². The van der Waals surface area contributed by atoms with Crippen LogP contribution in [-0.4, -0.2) is 30.2 Å². The Balaban J connectivity index is 1.78. The van der Waals surface area contributed by atoms with E-state index >= 15 is 0 Å². The minimum Gasteiger partial charge on any atom is -0.351 e. The number of rotatable bonds is 8. The van der Waals surface area contributed by atoms with Crippen molar-refractivity contribution in [1.29, 1.82) is 0 Å². The van der Waals surface area contributed by atoms with Crippen LogP contribution >= 0.6 is 11.6 Å². The Morgan fingerprint density at radius 2 is 1.69 bits per heavy atom. The maximum Gasteiger partial charge on any atom is 0.245 e. The highest BCUT2D eigenvalue weighted by atomic mass is 35.5. The Kier molecular flexibility index (Phi) is 6.98. The van der Waals surface area contributed by atoms with Crippen molar-refractivity contribution in [1.82, 2.24) is 14.6 Å². The number of pyridine rings is 1. The number of hydrogen-bond donors (Lipinski definition) is 1. The summed E-state index contributed by atoms with van der Waals surface area (Å²) in [6.45, 7) is 0.0429. The number of nitrogens with one attached hydrogen (secondary N) is 1. The van der Waals surface area contributed by atoms with Crippen molar-refractivity contribution in [2.75, 3.05) is 6.54 Å². The fourth-order valence-electron chi connectivity index (χ4n) is 2.68. The van der Waals surface area contributed by atoms with Gasteiger partial charge in [0.2, 0.25) is 15.9 Å². The molecule has 0 spiro atoms. The highest BCUT2D eigenvalue weighted by Gasteiger charge is 2.27. The minimum atomic E-state index is -3.91. The van der Waals surface area contributed by atoms with Gasteiger partial charge in [0.05, 0.1) is 6.54 Å². The van der Waals surface area contributed by atoms with Gasteiger partial charge in [0.1, 0.15) is 4.90 Å². The monoisotopic (exact) mass is 429 g/mol. The van der Waals surface area contributed by atoms with Gasteiger partial charge < -0.3 is 5.32 Å². The molecule has 1 amide bonds. The van der Waals surface area contributed by atoms with Crippen LogP contribution in [0.15, 0.2) is 84.0 Å². The van der Waals surface area contributed by atoms with Gasteiger partial charge in [-0.15, -0.1) is 0 Å². The lowest BCUT2D eigenvalue weighted by Crippen LogP contribution is -2.40. The number of amides is 1. The molecule has 0 fully saturated rings. The summed E-state index contributed by atoms with van der Waals surface area (Å²) >= 11 is 5.91. The third-order valence-electron chi connectivity index (χ3n) is 4.20. The molecule has 3 aromatic rings. The zero-order chi connectivity index (χ0) is 20.7. The summed E-state index contributed by atoms with van der Waals surface area (Å²) in [5.41, 5.74) is 1.65. The molecule has 8 heteroatoms. The maximum atomic E-state index is 13.1. The van der Waals surface area contributed by atoms with E-state index in [4.69, 9.17) is 11.6 Å². The van der Waals surface area contributed by atoms with Gasteiger partial charge in [-0.1, -0.05) is 54.1 Å². The van der Waals surface area contributed by atoms with Gasteiger partial charge in [-0.3, -0.25) is 9.78 Å². The Morgan fingerprint density at radius 3 is 2.34 bits per heavy atom. The summed E-state index contributed by atoms with van der Waals surface area (Å²) in [4.78, 5) is 16.4. The van der Waals surface area contributed by atoms with Gasteiger partial charge in [-0.25, -0.2) is 8.42 Å². The summed E-state index contributed by atoms with van der Waals surface area (Å²) < 4.78 is 27.3. The molecule has 2 aromatic carbocycles. The van der Waals surface area contributed by atoms with Gasteiger partial charge in [0, 0.05) is 30.5 Å². The van der Waals surface area contributed by atoms with Gasteiger partial charge in [-0.05, 0) is 35.4 Å². The first kappa shape index (κ1) is 21.0. The van der Waals surface area contributed by atoms with Crippen LogP contribution < -0.4 is 5.32 Å². The zero-order valence-electron chi connectivity index (χ0n) is 15.5. The van der Waals surface area contributed by atoms with Crippen molar-refractivity contribution in [2.45, 2.75) is 18.0 Å². The van der Waals surface area contributed by atoms with Crippen molar-refractivity contribution in [2.24, 2.45) is 0 Å². The van der Waals surface area contributed by atoms with Gasteiger partial charge in [-0.2, -0.15) is 4.31 Å². The Hall–Kier alpha value is -2.74. The summed E-state index contributed by atoms with van der Waals surface area (Å²) in [6.07, 6.45) is 2.77. The number of halogens is 1. The molecule has 0 aliphatic rings. The first-order chi connectivity index (χ1) is 13.9. The normalized spacial score (nSPS) is 11.4.